The number of benzene rings is 1. The third-order valence-corrected chi connectivity index (χ3v) is 2.79. The van der Waals surface area contributed by atoms with Crippen LogP contribution >= 0.6 is 0 Å². The summed E-state index contributed by atoms with van der Waals surface area (Å²) in [6, 6.07) is 10.6. The van der Waals surface area contributed by atoms with Crippen LogP contribution < -0.4 is 0 Å². The molecule has 90 valence electrons. The van der Waals surface area contributed by atoms with Gasteiger partial charge in [0.1, 0.15) is 5.82 Å². The standard InChI is InChI=1S/C14H19N3/c1-11(2)14-15-13(16-17-14)10-6-9-12-7-4-3-5-8-12/h3-5,7-8,11H,6,9-10H2,1-2H3,(H,15,16,17). The summed E-state index contributed by atoms with van der Waals surface area (Å²) in [7, 11) is 0. The second kappa shape index (κ2) is 5.62. The summed E-state index contributed by atoms with van der Waals surface area (Å²) in [6.45, 7) is 4.22. The first-order chi connectivity index (χ1) is 8.25. The quantitative estimate of drug-likeness (QED) is 0.856. The van der Waals surface area contributed by atoms with Gasteiger partial charge in [-0.2, -0.15) is 5.10 Å². The molecule has 17 heavy (non-hydrogen) atoms. The van der Waals surface area contributed by atoms with E-state index in [4.69, 9.17) is 0 Å². The van der Waals surface area contributed by atoms with Crippen molar-refractivity contribution < 1.29 is 0 Å². The molecule has 0 saturated heterocycles. The van der Waals surface area contributed by atoms with Crippen molar-refractivity contribution in [1.29, 1.82) is 0 Å². The third-order valence-electron chi connectivity index (χ3n) is 2.79. The highest BCUT2D eigenvalue weighted by molar-refractivity contribution is 5.14. The maximum absolute atomic E-state index is 4.47. The Kier molecular flexibility index (Phi) is 3.91. The van der Waals surface area contributed by atoms with Gasteiger partial charge in [0.2, 0.25) is 0 Å². The molecule has 0 atom stereocenters. The minimum absolute atomic E-state index is 0.397. The van der Waals surface area contributed by atoms with Crippen LogP contribution in [0.1, 0.15) is 43.4 Å². The molecule has 1 N–H and O–H groups in total. The van der Waals surface area contributed by atoms with E-state index in [2.05, 4.69) is 59.4 Å². The van der Waals surface area contributed by atoms with E-state index in [1.165, 1.54) is 5.56 Å². The van der Waals surface area contributed by atoms with Gasteiger partial charge < -0.3 is 0 Å². The minimum Gasteiger partial charge on any atom is -0.263 e. The Morgan fingerprint density at radius 3 is 2.53 bits per heavy atom. The Morgan fingerprint density at radius 1 is 1.12 bits per heavy atom. The van der Waals surface area contributed by atoms with Gasteiger partial charge in [0.15, 0.2) is 5.82 Å². The highest BCUT2D eigenvalue weighted by atomic mass is 15.2. The number of aryl methyl sites for hydroxylation is 2. The summed E-state index contributed by atoms with van der Waals surface area (Å²) in [5, 5.41) is 7.22. The molecule has 0 saturated carbocycles. The summed E-state index contributed by atoms with van der Waals surface area (Å²) in [5.74, 6) is 2.32. The van der Waals surface area contributed by atoms with E-state index in [9.17, 15) is 0 Å². The molecule has 2 rings (SSSR count). The van der Waals surface area contributed by atoms with Crippen LogP contribution in [0, 0.1) is 0 Å². The zero-order chi connectivity index (χ0) is 12.1. The van der Waals surface area contributed by atoms with E-state index in [-0.39, 0.29) is 0 Å². The van der Waals surface area contributed by atoms with Crippen LogP contribution in [0.15, 0.2) is 30.3 Å². The molecule has 0 spiro atoms. The fraction of sp³-hybridized carbons (Fsp3) is 0.429. The van der Waals surface area contributed by atoms with Crippen molar-refractivity contribution in [2.24, 2.45) is 0 Å². The molecule has 0 aliphatic heterocycles. The summed E-state index contributed by atoms with van der Waals surface area (Å²) in [5.41, 5.74) is 1.39. The lowest BCUT2D eigenvalue weighted by Gasteiger charge is -1.99. The number of hydrogen-bond acceptors (Lipinski definition) is 2. The molecule has 0 aliphatic rings. The van der Waals surface area contributed by atoms with E-state index in [0.29, 0.717) is 5.92 Å². The lowest BCUT2D eigenvalue weighted by Crippen LogP contribution is -1.93. The Labute approximate surface area is 102 Å². The molecule has 0 aliphatic carbocycles. The van der Waals surface area contributed by atoms with Crippen molar-refractivity contribution in [3.05, 3.63) is 47.5 Å². The first-order valence-electron chi connectivity index (χ1n) is 6.21. The first-order valence-corrected chi connectivity index (χ1v) is 6.21. The van der Waals surface area contributed by atoms with Crippen molar-refractivity contribution >= 4 is 0 Å². The summed E-state index contributed by atoms with van der Waals surface area (Å²) in [6.07, 6.45) is 3.17. The Bertz CT molecular complexity index is 446. The fourth-order valence-corrected chi connectivity index (χ4v) is 1.78. The van der Waals surface area contributed by atoms with E-state index in [0.717, 1.165) is 30.9 Å². The monoisotopic (exact) mass is 229 g/mol. The average molecular weight is 229 g/mol. The third kappa shape index (κ3) is 3.41. The van der Waals surface area contributed by atoms with Crippen LogP contribution in [0.5, 0.6) is 0 Å². The van der Waals surface area contributed by atoms with E-state index in [1.54, 1.807) is 0 Å². The molecule has 0 radical (unpaired) electrons. The Hall–Kier alpha value is -1.64. The van der Waals surface area contributed by atoms with Crippen LogP contribution in [-0.2, 0) is 12.8 Å². The molecule has 1 heterocycles. The predicted octanol–water partition coefficient (Wildman–Crippen LogP) is 3.10. The van der Waals surface area contributed by atoms with E-state index in [1.807, 2.05) is 0 Å². The first kappa shape index (κ1) is 11.8. The Morgan fingerprint density at radius 2 is 1.88 bits per heavy atom. The maximum atomic E-state index is 4.47. The van der Waals surface area contributed by atoms with Crippen molar-refractivity contribution in [2.75, 3.05) is 0 Å². The van der Waals surface area contributed by atoms with Gasteiger partial charge in [-0.3, -0.25) is 5.10 Å². The Balaban J connectivity index is 1.82. The van der Waals surface area contributed by atoms with E-state index >= 15 is 0 Å². The molecule has 0 fully saturated rings. The molecule has 1 aromatic heterocycles. The van der Waals surface area contributed by atoms with Gasteiger partial charge in [0.25, 0.3) is 0 Å². The minimum atomic E-state index is 0.397. The van der Waals surface area contributed by atoms with Crippen molar-refractivity contribution in [1.82, 2.24) is 15.2 Å². The number of nitrogens with zero attached hydrogens (tertiary/aromatic N) is 2. The molecule has 3 nitrogen and oxygen atoms in total. The fourth-order valence-electron chi connectivity index (χ4n) is 1.78. The predicted molar refractivity (Wildman–Crippen MR) is 68.9 cm³/mol. The molecule has 3 heteroatoms. The smallest absolute Gasteiger partial charge is 0.153 e. The van der Waals surface area contributed by atoms with Crippen LogP contribution in [0.2, 0.25) is 0 Å². The summed E-state index contributed by atoms with van der Waals surface area (Å²) in [4.78, 5) is 4.47. The van der Waals surface area contributed by atoms with Crippen LogP contribution in [-0.4, -0.2) is 15.2 Å². The van der Waals surface area contributed by atoms with E-state index < -0.39 is 0 Å². The average Bonchev–Trinajstić information content (AvgIpc) is 2.79. The van der Waals surface area contributed by atoms with Crippen molar-refractivity contribution in [3.8, 4) is 0 Å². The summed E-state index contributed by atoms with van der Waals surface area (Å²) >= 11 is 0. The SMILES string of the molecule is CC(C)c1n[nH]c(CCCc2ccccc2)n1. The number of aromatic amines is 1. The molecule has 2 aromatic rings. The van der Waals surface area contributed by atoms with Gasteiger partial charge in [0.05, 0.1) is 0 Å². The van der Waals surface area contributed by atoms with Crippen LogP contribution in [0.3, 0.4) is 0 Å². The number of H-pyrrole nitrogens is 1. The lowest BCUT2D eigenvalue weighted by atomic mass is 10.1. The van der Waals surface area contributed by atoms with Gasteiger partial charge in [-0.25, -0.2) is 4.98 Å². The van der Waals surface area contributed by atoms with Crippen LogP contribution in [0.4, 0.5) is 0 Å². The van der Waals surface area contributed by atoms with Crippen molar-refractivity contribution in [3.63, 3.8) is 0 Å². The summed E-state index contributed by atoms with van der Waals surface area (Å²) < 4.78 is 0. The number of rotatable bonds is 5. The highest BCUT2D eigenvalue weighted by Gasteiger charge is 2.06. The molecule has 0 unspecified atom stereocenters. The second-order valence-electron chi connectivity index (χ2n) is 4.63. The van der Waals surface area contributed by atoms with Gasteiger partial charge >= 0.3 is 0 Å². The van der Waals surface area contributed by atoms with Gasteiger partial charge in [0, 0.05) is 12.3 Å². The number of aromatic nitrogens is 3. The van der Waals surface area contributed by atoms with Crippen LogP contribution in [0.25, 0.3) is 0 Å². The zero-order valence-corrected chi connectivity index (χ0v) is 10.5. The second-order valence-corrected chi connectivity index (χ2v) is 4.63. The topological polar surface area (TPSA) is 41.6 Å². The maximum Gasteiger partial charge on any atom is 0.153 e. The zero-order valence-electron chi connectivity index (χ0n) is 10.5. The molecule has 1 aromatic carbocycles. The lowest BCUT2D eigenvalue weighted by molar-refractivity contribution is 0.768. The van der Waals surface area contributed by atoms with Gasteiger partial charge in [-0.05, 0) is 18.4 Å². The normalized spacial score (nSPS) is 11.0. The van der Waals surface area contributed by atoms with Gasteiger partial charge in [-0.1, -0.05) is 44.2 Å². The molecular weight excluding hydrogens is 210 g/mol. The largest absolute Gasteiger partial charge is 0.263 e. The number of hydrogen-bond donors (Lipinski definition) is 1. The van der Waals surface area contributed by atoms with Crippen molar-refractivity contribution in [2.45, 2.75) is 39.0 Å². The van der Waals surface area contributed by atoms with Gasteiger partial charge in [-0.15, -0.1) is 0 Å². The molecular formula is C14H19N3. The molecule has 0 amide bonds. The molecule has 0 bridgehead atoms. The number of nitrogens with one attached hydrogen (secondary N) is 1. The highest BCUT2D eigenvalue weighted by Crippen LogP contribution is 2.09.